The maximum absolute atomic E-state index is 13.7. The van der Waals surface area contributed by atoms with Crippen LogP contribution >= 0.6 is 0 Å². The predicted molar refractivity (Wildman–Crippen MR) is 130 cm³/mol. The molecule has 0 amide bonds. The fourth-order valence-electron chi connectivity index (χ4n) is 5.14. The van der Waals surface area contributed by atoms with Crippen molar-refractivity contribution < 1.29 is 4.79 Å². The number of rotatable bonds is 2. The number of para-hydroxylation sites is 3. The quantitative estimate of drug-likeness (QED) is 0.357. The first-order valence-corrected chi connectivity index (χ1v) is 11.2. The number of aryl methyl sites for hydroxylation is 1. The second-order valence-electron chi connectivity index (χ2n) is 8.87. The van der Waals surface area contributed by atoms with E-state index in [1.807, 2.05) is 24.4 Å². The third kappa shape index (κ3) is 3.11. The summed E-state index contributed by atoms with van der Waals surface area (Å²) in [7, 11) is 0. The van der Waals surface area contributed by atoms with Crippen molar-refractivity contribution in [1.29, 1.82) is 0 Å². The molecule has 3 atom stereocenters. The fourth-order valence-corrected chi connectivity index (χ4v) is 5.14. The molecular formula is C28H25N3O. The van der Waals surface area contributed by atoms with Crippen molar-refractivity contribution in [3.8, 4) is 0 Å². The van der Waals surface area contributed by atoms with Gasteiger partial charge in [0.1, 0.15) is 5.78 Å². The van der Waals surface area contributed by atoms with Gasteiger partial charge in [-0.25, -0.2) is 0 Å². The third-order valence-electron chi connectivity index (χ3n) is 6.80. The third-order valence-corrected chi connectivity index (χ3v) is 6.80. The van der Waals surface area contributed by atoms with E-state index in [9.17, 15) is 4.79 Å². The molecule has 1 aliphatic carbocycles. The Morgan fingerprint density at radius 3 is 2.47 bits per heavy atom. The van der Waals surface area contributed by atoms with Gasteiger partial charge >= 0.3 is 0 Å². The molecule has 0 bridgehead atoms. The van der Waals surface area contributed by atoms with E-state index in [1.54, 1.807) is 0 Å². The van der Waals surface area contributed by atoms with Crippen molar-refractivity contribution in [3.05, 3.63) is 107 Å². The summed E-state index contributed by atoms with van der Waals surface area (Å²) < 4.78 is 0. The molecule has 2 heterocycles. The van der Waals surface area contributed by atoms with E-state index in [-0.39, 0.29) is 23.7 Å². The molecule has 32 heavy (non-hydrogen) atoms. The lowest BCUT2D eigenvalue weighted by molar-refractivity contribution is -0.122. The van der Waals surface area contributed by atoms with Gasteiger partial charge in [-0.05, 0) is 30.7 Å². The topological polar surface area (TPSA) is 56.9 Å². The number of fused-ring (bicyclic) bond motifs is 3. The number of carbonyl (C=O) groups is 1. The zero-order valence-electron chi connectivity index (χ0n) is 17.9. The number of allylic oxidation sites excluding steroid dienone is 1. The monoisotopic (exact) mass is 419 g/mol. The maximum Gasteiger partial charge on any atom is 0.145 e. The highest BCUT2D eigenvalue weighted by Gasteiger charge is 2.40. The van der Waals surface area contributed by atoms with Crippen LogP contribution in [0.25, 0.3) is 10.9 Å². The molecule has 3 N–H and O–H groups in total. The van der Waals surface area contributed by atoms with Gasteiger partial charge in [-0.3, -0.25) is 4.79 Å². The summed E-state index contributed by atoms with van der Waals surface area (Å²) in [6.45, 7) is 2.09. The van der Waals surface area contributed by atoms with E-state index < -0.39 is 0 Å². The summed E-state index contributed by atoms with van der Waals surface area (Å²) >= 11 is 0. The molecule has 4 heteroatoms. The average molecular weight is 420 g/mol. The molecule has 0 radical (unpaired) electrons. The number of anilines is 2. The molecule has 4 aromatic rings. The van der Waals surface area contributed by atoms with Crippen LogP contribution < -0.4 is 10.6 Å². The molecule has 158 valence electrons. The zero-order chi connectivity index (χ0) is 21.7. The van der Waals surface area contributed by atoms with Crippen molar-refractivity contribution in [2.75, 3.05) is 10.6 Å². The highest BCUT2D eigenvalue weighted by molar-refractivity contribution is 5.92. The summed E-state index contributed by atoms with van der Waals surface area (Å²) in [5.41, 5.74) is 7.62. The number of Topliss-reactive ketones (excluding diaryl/α,β-unsaturated/α-hetero) is 1. The highest BCUT2D eigenvalue weighted by Crippen LogP contribution is 2.45. The van der Waals surface area contributed by atoms with Gasteiger partial charge in [0, 0.05) is 40.7 Å². The van der Waals surface area contributed by atoms with Gasteiger partial charge in [-0.2, -0.15) is 0 Å². The standard InChI is InChI=1S/C28H25N3O/c1-17-10-12-18(13-11-17)19-14-25-27(26(32)15-19)28(31-24-9-5-4-8-23(24)30-25)21-16-29-22-7-3-2-6-20(21)22/h2-14,16,19,27-31H,15H2,1H3. The maximum atomic E-state index is 13.7. The van der Waals surface area contributed by atoms with E-state index in [0.29, 0.717) is 6.42 Å². The van der Waals surface area contributed by atoms with Crippen LogP contribution in [0.1, 0.15) is 35.1 Å². The van der Waals surface area contributed by atoms with Crippen LogP contribution in [0.5, 0.6) is 0 Å². The van der Waals surface area contributed by atoms with Crippen LogP contribution in [0.2, 0.25) is 0 Å². The van der Waals surface area contributed by atoms with E-state index in [4.69, 9.17) is 0 Å². The molecule has 3 aromatic carbocycles. The Balaban J connectivity index is 1.50. The first-order chi connectivity index (χ1) is 15.7. The minimum atomic E-state index is -0.275. The Labute approximate surface area is 187 Å². The van der Waals surface area contributed by atoms with Gasteiger partial charge in [0.15, 0.2) is 0 Å². The number of hydrogen-bond acceptors (Lipinski definition) is 3. The van der Waals surface area contributed by atoms with E-state index in [2.05, 4.69) is 83.2 Å². The van der Waals surface area contributed by atoms with Crippen molar-refractivity contribution >= 4 is 28.1 Å². The van der Waals surface area contributed by atoms with Gasteiger partial charge in [0.05, 0.1) is 23.3 Å². The van der Waals surface area contributed by atoms with Crippen LogP contribution in [0, 0.1) is 12.8 Å². The number of nitrogens with one attached hydrogen (secondary N) is 3. The normalized spacial score (nSPS) is 22.2. The average Bonchev–Trinajstić information content (AvgIpc) is 3.15. The van der Waals surface area contributed by atoms with Crippen molar-refractivity contribution in [1.82, 2.24) is 4.98 Å². The molecule has 0 saturated heterocycles. The minimum Gasteiger partial charge on any atom is -0.375 e. The molecule has 3 unspecified atom stereocenters. The van der Waals surface area contributed by atoms with Gasteiger partial charge in [-0.15, -0.1) is 0 Å². The Morgan fingerprint density at radius 2 is 1.62 bits per heavy atom. The van der Waals surface area contributed by atoms with Crippen LogP contribution in [-0.2, 0) is 4.79 Å². The molecule has 4 nitrogen and oxygen atoms in total. The molecular weight excluding hydrogens is 394 g/mol. The van der Waals surface area contributed by atoms with Gasteiger partial charge in [0.25, 0.3) is 0 Å². The molecule has 1 aromatic heterocycles. The minimum absolute atomic E-state index is 0.0794. The van der Waals surface area contributed by atoms with Crippen molar-refractivity contribution in [2.45, 2.75) is 25.3 Å². The van der Waals surface area contributed by atoms with Gasteiger partial charge < -0.3 is 15.6 Å². The lowest BCUT2D eigenvalue weighted by Gasteiger charge is -2.32. The number of aromatic nitrogens is 1. The molecule has 0 saturated carbocycles. The summed E-state index contributed by atoms with van der Waals surface area (Å²) in [5.74, 6) is 0.0650. The first kappa shape index (κ1) is 18.9. The number of H-pyrrole nitrogens is 1. The molecule has 1 aliphatic heterocycles. The highest BCUT2D eigenvalue weighted by atomic mass is 16.1. The van der Waals surface area contributed by atoms with E-state index >= 15 is 0 Å². The SMILES string of the molecule is Cc1ccc(C2C=C3Nc4ccccc4NC(c4c[nH]c5ccccc45)C3C(=O)C2)cc1. The van der Waals surface area contributed by atoms with E-state index in [1.165, 1.54) is 11.1 Å². The lowest BCUT2D eigenvalue weighted by Crippen LogP contribution is -2.33. The second-order valence-corrected chi connectivity index (χ2v) is 8.87. The lowest BCUT2D eigenvalue weighted by atomic mass is 9.76. The zero-order valence-corrected chi connectivity index (χ0v) is 17.9. The number of carbonyl (C=O) groups excluding carboxylic acids is 1. The summed E-state index contributed by atoms with van der Waals surface area (Å²) in [4.78, 5) is 17.1. The Bertz CT molecular complexity index is 1350. The summed E-state index contributed by atoms with van der Waals surface area (Å²) in [6, 6.07) is 24.9. The number of ketones is 1. The largest absolute Gasteiger partial charge is 0.375 e. The smallest absolute Gasteiger partial charge is 0.145 e. The number of hydrogen-bond donors (Lipinski definition) is 3. The van der Waals surface area contributed by atoms with Crippen LogP contribution in [0.3, 0.4) is 0 Å². The fraction of sp³-hybridized carbons (Fsp3) is 0.179. The van der Waals surface area contributed by atoms with Crippen LogP contribution in [0.15, 0.2) is 90.8 Å². The Kier molecular flexibility index (Phi) is 4.39. The van der Waals surface area contributed by atoms with Crippen LogP contribution in [-0.4, -0.2) is 10.8 Å². The number of benzene rings is 3. The van der Waals surface area contributed by atoms with Crippen molar-refractivity contribution in [3.63, 3.8) is 0 Å². The van der Waals surface area contributed by atoms with Crippen LogP contribution in [0.4, 0.5) is 11.4 Å². The molecule has 6 rings (SSSR count). The number of aromatic amines is 1. The Hall–Kier alpha value is -3.79. The summed E-state index contributed by atoms with van der Waals surface area (Å²) in [6.07, 6.45) is 4.82. The molecule has 2 aliphatic rings. The molecule has 0 spiro atoms. The Morgan fingerprint density at radius 1 is 0.875 bits per heavy atom. The predicted octanol–water partition coefficient (Wildman–Crippen LogP) is 6.31. The first-order valence-electron chi connectivity index (χ1n) is 11.2. The van der Waals surface area contributed by atoms with E-state index in [0.717, 1.165) is 33.5 Å². The van der Waals surface area contributed by atoms with Gasteiger partial charge in [-0.1, -0.05) is 66.2 Å². The van der Waals surface area contributed by atoms with Gasteiger partial charge in [0.2, 0.25) is 0 Å². The molecule has 0 fully saturated rings. The summed E-state index contributed by atoms with van der Waals surface area (Å²) in [5, 5.41) is 8.46. The van der Waals surface area contributed by atoms with Crippen molar-refractivity contribution in [2.24, 2.45) is 5.92 Å². The second kappa shape index (κ2) is 7.41.